The third-order valence-corrected chi connectivity index (χ3v) is 2.26. The first-order chi connectivity index (χ1) is 6.70. The summed E-state index contributed by atoms with van der Waals surface area (Å²) in [5, 5.41) is 12.4. The molecule has 0 radical (unpaired) electrons. The molecule has 0 heterocycles. The molecule has 5 nitrogen and oxygen atoms in total. The average molecular weight is 216 g/mol. The molecule has 0 aromatic rings. The van der Waals surface area contributed by atoms with Crippen LogP contribution in [0.25, 0.3) is 0 Å². The lowest BCUT2D eigenvalue weighted by molar-refractivity contribution is -0.0100. The lowest BCUT2D eigenvalue weighted by atomic mass is 10.2. The summed E-state index contributed by atoms with van der Waals surface area (Å²) in [6, 6.07) is -0.0510. The summed E-state index contributed by atoms with van der Waals surface area (Å²) >= 11 is 0. The van der Waals surface area contributed by atoms with E-state index in [0.717, 1.165) is 0 Å². The summed E-state index contributed by atoms with van der Waals surface area (Å²) < 4.78 is 5.05. The van der Waals surface area contributed by atoms with Crippen LogP contribution in [0.3, 0.4) is 0 Å². The van der Waals surface area contributed by atoms with E-state index in [-0.39, 0.29) is 6.04 Å². The highest BCUT2D eigenvalue weighted by Crippen LogP contribution is 2.26. The highest BCUT2D eigenvalue weighted by Gasteiger charge is 2.38. The van der Waals surface area contributed by atoms with Crippen molar-refractivity contribution in [3.8, 4) is 0 Å². The topological polar surface area (TPSA) is 84.6 Å². The highest BCUT2D eigenvalue weighted by atomic mass is 16.6. The number of carbonyl (C=O) groups is 1. The van der Waals surface area contributed by atoms with E-state index < -0.39 is 17.4 Å². The fourth-order valence-electron chi connectivity index (χ4n) is 1.67. The Labute approximate surface area is 90.0 Å². The monoisotopic (exact) mass is 216 g/mol. The van der Waals surface area contributed by atoms with E-state index in [9.17, 15) is 9.90 Å². The second-order valence-corrected chi connectivity index (χ2v) is 5.16. The van der Waals surface area contributed by atoms with Crippen LogP contribution in [0.15, 0.2) is 0 Å². The fraction of sp³-hybridized carbons (Fsp3) is 0.900. The molecule has 4 N–H and O–H groups in total. The molecule has 1 amide bonds. The molecule has 5 heteroatoms. The zero-order valence-corrected chi connectivity index (χ0v) is 9.54. The Kier molecular flexibility index (Phi) is 3.25. The maximum absolute atomic E-state index is 11.4. The molecule has 0 saturated heterocycles. The summed E-state index contributed by atoms with van der Waals surface area (Å²) in [7, 11) is 0. The van der Waals surface area contributed by atoms with Gasteiger partial charge in [0.05, 0.1) is 0 Å². The number of rotatable bonds is 1. The third-order valence-electron chi connectivity index (χ3n) is 2.26. The van der Waals surface area contributed by atoms with Crippen LogP contribution < -0.4 is 11.1 Å². The van der Waals surface area contributed by atoms with Gasteiger partial charge in [-0.05, 0) is 33.6 Å². The van der Waals surface area contributed by atoms with E-state index in [0.29, 0.717) is 19.3 Å². The minimum absolute atomic E-state index is 0.0510. The molecule has 0 bridgehead atoms. The predicted octanol–water partition coefficient (Wildman–Crippen LogP) is 0.711. The van der Waals surface area contributed by atoms with Crippen molar-refractivity contribution in [1.82, 2.24) is 5.32 Å². The van der Waals surface area contributed by atoms with Crippen molar-refractivity contribution in [2.75, 3.05) is 0 Å². The van der Waals surface area contributed by atoms with Crippen molar-refractivity contribution < 1.29 is 14.6 Å². The van der Waals surface area contributed by atoms with Crippen LogP contribution in [0.4, 0.5) is 4.79 Å². The van der Waals surface area contributed by atoms with E-state index in [1.807, 2.05) is 0 Å². The number of nitrogens with two attached hydrogens (primary N) is 1. The largest absolute Gasteiger partial charge is 0.444 e. The van der Waals surface area contributed by atoms with Crippen LogP contribution in [0.2, 0.25) is 0 Å². The first kappa shape index (κ1) is 12.3. The molecular weight excluding hydrogens is 196 g/mol. The molecule has 2 atom stereocenters. The van der Waals surface area contributed by atoms with Crippen LogP contribution in [-0.2, 0) is 4.74 Å². The van der Waals surface area contributed by atoms with Gasteiger partial charge in [0.1, 0.15) is 11.3 Å². The predicted molar refractivity (Wildman–Crippen MR) is 56.1 cm³/mol. The lowest BCUT2D eigenvalue weighted by Gasteiger charge is -2.27. The van der Waals surface area contributed by atoms with Crippen LogP contribution in [0, 0.1) is 0 Å². The minimum Gasteiger partial charge on any atom is -0.444 e. The van der Waals surface area contributed by atoms with Crippen molar-refractivity contribution in [3.63, 3.8) is 0 Å². The quantitative estimate of drug-likeness (QED) is 0.564. The molecule has 1 rings (SSSR count). The van der Waals surface area contributed by atoms with Crippen molar-refractivity contribution >= 4 is 6.09 Å². The average Bonchev–Trinajstić information content (AvgIpc) is 2.25. The van der Waals surface area contributed by atoms with Crippen LogP contribution >= 0.6 is 0 Å². The molecule has 1 fully saturated rings. The van der Waals surface area contributed by atoms with E-state index in [1.165, 1.54) is 0 Å². The first-order valence-corrected chi connectivity index (χ1v) is 5.19. The number of carbonyl (C=O) groups excluding carboxylic acids is 1. The van der Waals surface area contributed by atoms with Gasteiger partial charge in [-0.25, -0.2) is 4.79 Å². The molecule has 0 spiro atoms. The van der Waals surface area contributed by atoms with Gasteiger partial charge in [0.2, 0.25) is 0 Å². The van der Waals surface area contributed by atoms with Gasteiger partial charge in [-0.2, -0.15) is 0 Å². The smallest absolute Gasteiger partial charge is 0.409 e. The Hall–Kier alpha value is -0.810. The van der Waals surface area contributed by atoms with Gasteiger partial charge in [0.15, 0.2) is 0 Å². The number of hydrogen-bond donors (Lipinski definition) is 3. The molecule has 0 unspecified atom stereocenters. The standard InChI is InChI=1S/C10H20N2O3/c1-9(2,3)15-8(13)12-10(14)5-4-7(11)6-10/h7,14H,4-6,11H2,1-3H3,(H,12,13)/t7-,10-/m1/s1. The minimum atomic E-state index is -1.19. The van der Waals surface area contributed by atoms with Crippen molar-refractivity contribution in [3.05, 3.63) is 0 Å². The van der Waals surface area contributed by atoms with Gasteiger partial charge in [0.25, 0.3) is 0 Å². The Morgan fingerprint density at radius 3 is 2.60 bits per heavy atom. The normalized spacial score (nSPS) is 31.4. The molecule has 0 aliphatic heterocycles. The third kappa shape index (κ3) is 4.05. The summed E-state index contributed by atoms with van der Waals surface area (Å²) in [6.45, 7) is 5.32. The number of hydrogen-bond acceptors (Lipinski definition) is 4. The molecule has 1 aliphatic rings. The molecule has 0 aromatic carbocycles. The number of amides is 1. The van der Waals surface area contributed by atoms with E-state index in [4.69, 9.17) is 10.5 Å². The number of aliphatic hydroxyl groups is 1. The van der Waals surface area contributed by atoms with E-state index >= 15 is 0 Å². The maximum Gasteiger partial charge on any atom is 0.409 e. The second-order valence-electron chi connectivity index (χ2n) is 5.16. The van der Waals surface area contributed by atoms with Gasteiger partial charge in [-0.15, -0.1) is 0 Å². The molecule has 1 aliphatic carbocycles. The first-order valence-electron chi connectivity index (χ1n) is 5.19. The van der Waals surface area contributed by atoms with Gasteiger partial charge >= 0.3 is 6.09 Å². The van der Waals surface area contributed by atoms with Crippen LogP contribution in [-0.4, -0.2) is 28.6 Å². The maximum atomic E-state index is 11.4. The highest BCUT2D eigenvalue weighted by molar-refractivity contribution is 5.68. The molecular formula is C10H20N2O3. The zero-order chi connectivity index (χ0) is 11.7. The summed E-state index contributed by atoms with van der Waals surface area (Å²) in [6.07, 6.45) is 0.977. The summed E-state index contributed by atoms with van der Waals surface area (Å²) in [5.41, 5.74) is 3.91. The van der Waals surface area contributed by atoms with Crippen LogP contribution in [0.1, 0.15) is 40.0 Å². The Balaban J connectivity index is 2.45. The van der Waals surface area contributed by atoms with Gasteiger partial charge < -0.3 is 15.6 Å². The summed E-state index contributed by atoms with van der Waals surface area (Å²) in [5.74, 6) is 0. The van der Waals surface area contributed by atoms with Crippen molar-refractivity contribution in [1.29, 1.82) is 0 Å². The zero-order valence-electron chi connectivity index (χ0n) is 9.54. The molecule has 1 saturated carbocycles. The van der Waals surface area contributed by atoms with Crippen LogP contribution in [0.5, 0.6) is 0 Å². The van der Waals surface area contributed by atoms with Gasteiger partial charge in [0, 0.05) is 12.5 Å². The second kappa shape index (κ2) is 3.98. The van der Waals surface area contributed by atoms with Gasteiger partial charge in [-0.1, -0.05) is 0 Å². The SMILES string of the molecule is CC(C)(C)OC(=O)N[C@@]1(O)CC[C@@H](N)C1. The number of nitrogens with one attached hydrogen (secondary N) is 1. The number of alkyl carbamates (subject to hydrolysis) is 1. The van der Waals surface area contributed by atoms with Gasteiger partial charge in [-0.3, -0.25) is 5.32 Å². The van der Waals surface area contributed by atoms with E-state index in [2.05, 4.69) is 5.32 Å². The number of ether oxygens (including phenoxy) is 1. The lowest BCUT2D eigenvalue weighted by Crippen LogP contribution is -2.49. The summed E-state index contributed by atoms with van der Waals surface area (Å²) in [4.78, 5) is 11.4. The molecule has 88 valence electrons. The van der Waals surface area contributed by atoms with E-state index in [1.54, 1.807) is 20.8 Å². The molecule has 0 aromatic heterocycles. The Morgan fingerprint density at radius 1 is 1.60 bits per heavy atom. The molecule has 15 heavy (non-hydrogen) atoms. The van der Waals surface area contributed by atoms with Crippen molar-refractivity contribution in [2.24, 2.45) is 5.73 Å². The van der Waals surface area contributed by atoms with Crippen molar-refractivity contribution in [2.45, 2.75) is 57.4 Å². The fourth-order valence-corrected chi connectivity index (χ4v) is 1.67. The Morgan fingerprint density at radius 2 is 2.20 bits per heavy atom. The Bertz CT molecular complexity index is 250.